The molecule has 134 valence electrons. The lowest BCUT2D eigenvalue weighted by molar-refractivity contribution is 0.0241. The van der Waals surface area contributed by atoms with Crippen molar-refractivity contribution < 1.29 is 14.3 Å². The van der Waals surface area contributed by atoms with E-state index in [9.17, 15) is 4.79 Å². The van der Waals surface area contributed by atoms with Gasteiger partial charge in [0.05, 0.1) is 19.9 Å². The topological polar surface area (TPSA) is 56.6 Å². The molecule has 1 aromatic heterocycles. The van der Waals surface area contributed by atoms with Crippen molar-refractivity contribution in [2.24, 2.45) is 7.05 Å². The molecule has 2 aromatic rings. The number of amides is 1. The van der Waals surface area contributed by atoms with Gasteiger partial charge in [0.15, 0.2) is 0 Å². The highest BCUT2D eigenvalue weighted by Crippen LogP contribution is 2.36. The number of rotatable bonds is 2. The van der Waals surface area contributed by atoms with Crippen LogP contribution in [0.2, 0.25) is 0 Å². The van der Waals surface area contributed by atoms with E-state index in [1.165, 1.54) is 0 Å². The van der Waals surface area contributed by atoms with Crippen LogP contribution in [0.5, 0.6) is 5.75 Å². The van der Waals surface area contributed by atoms with Crippen LogP contribution >= 0.6 is 15.9 Å². The number of carbonyl (C=O) groups excluding carboxylic acids is 1. The maximum absolute atomic E-state index is 12.4. The molecule has 0 atom stereocenters. The first-order valence-corrected chi connectivity index (χ1v) is 8.84. The molecule has 0 aliphatic carbocycles. The molecule has 1 aromatic carbocycles. The third-order valence-corrected chi connectivity index (χ3v) is 4.81. The van der Waals surface area contributed by atoms with Crippen LogP contribution in [0.1, 0.15) is 31.9 Å². The van der Waals surface area contributed by atoms with Crippen molar-refractivity contribution in [1.29, 1.82) is 0 Å². The second-order valence-electron chi connectivity index (χ2n) is 7.12. The summed E-state index contributed by atoms with van der Waals surface area (Å²) >= 11 is 3.47. The molecule has 1 aliphatic rings. The largest absolute Gasteiger partial charge is 0.496 e. The molecule has 7 heteroatoms. The fraction of sp³-hybridized carbons (Fsp3) is 0.444. The lowest BCUT2D eigenvalue weighted by Gasteiger charge is -2.24. The average Bonchev–Trinajstić information content (AvgIpc) is 3.09. The van der Waals surface area contributed by atoms with Gasteiger partial charge in [-0.15, -0.1) is 0 Å². The summed E-state index contributed by atoms with van der Waals surface area (Å²) in [6, 6.07) is 4.03. The molecule has 0 saturated heterocycles. The van der Waals surface area contributed by atoms with Crippen LogP contribution in [-0.4, -0.2) is 33.3 Å². The Morgan fingerprint density at radius 3 is 2.56 bits per heavy atom. The predicted molar refractivity (Wildman–Crippen MR) is 98.4 cm³/mol. The first-order chi connectivity index (χ1) is 11.7. The Morgan fingerprint density at radius 1 is 1.28 bits per heavy atom. The van der Waals surface area contributed by atoms with E-state index in [2.05, 4.69) is 27.0 Å². The molecule has 1 aliphatic heterocycles. The molecule has 0 bridgehead atoms. The average molecular weight is 408 g/mol. The van der Waals surface area contributed by atoms with Crippen LogP contribution in [0.25, 0.3) is 11.4 Å². The van der Waals surface area contributed by atoms with Crippen LogP contribution in [0, 0.1) is 0 Å². The molecule has 0 saturated carbocycles. The first-order valence-electron chi connectivity index (χ1n) is 8.05. The number of ether oxygens (including phenoxy) is 2. The van der Waals surface area contributed by atoms with E-state index < -0.39 is 5.60 Å². The van der Waals surface area contributed by atoms with Gasteiger partial charge in [-0.1, -0.05) is 0 Å². The summed E-state index contributed by atoms with van der Waals surface area (Å²) in [6.45, 7) is 6.58. The van der Waals surface area contributed by atoms with Crippen LogP contribution in [0.3, 0.4) is 0 Å². The van der Waals surface area contributed by atoms with Crippen molar-refractivity contribution in [3.05, 3.63) is 34.1 Å². The zero-order valence-corrected chi connectivity index (χ0v) is 16.7. The molecule has 0 unspecified atom stereocenters. The molecule has 2 heterocycles. The predicted octanol–water partition coefficient (Wildman–Crippen LogP) is 4.11. The standard InChI is InChI=1S/C18H22BrN3O3/c1-18(2,3)25-17(23)22-9-12-6-11(7-14(24-5)13(12)10-22)16-20-8-15(19)21(16)4/h6-8H,9-10H2,1-5H3. The Bertz CT molecular complexity index is 824. The Morgan fingerprint density at radius 2 is 2.00 bits per heavy atom. The normalized spacial score (nSPS) is 13.8. The molecule has 3 rings (SSSR count). The zero-order chi connectivity index (χ0) is 18.4. The number of fused-ring (bicyclic) bond motifs is 1. The fourth-order valence-corrected chi connectivity index (χ4v) is 3.17. The van der Waals surface area contributed by atoms with Gasteiger partial charge in [-0.3, -0.25) is 4.90 Å². The van der Waals surface area contributed by atoms with Crippen molar-refractivity contribution in [3.8, 4) is 17.1 Å². The zero-order valence-electron chi connectivity index (χ0n) is 15.1. The molecule has 6 nitrogen and oxygen atoms in total. The van der Waals surface area contributed by atoms with Crippen molar-refractivity contribution in [1.82, 2.24) is 14.5 Å². The Kier molecular flexibility index (Phi) is 4.53. The fourth-order valence-electron chi connectivity index (χ4n) is 2.90. The monoisotopic (exact) mass is 407 g/mol. The second kappa shape index (κ2) is 6.37. The minimum absolute atomic E-state index is 0.313. The molecule has 1 amide bonds. The number of halogens is 1. The van der Waals surface area contributed by atoms with Gasteiger partial charge >= 0.3 is 6.09 Å². The molecule has 0 fully saturated rings. The summed E-state index contributed by atoms with van der Waals surface area (Å²) in [6.07, 6.45) is 1.45. The summed E-state index contributed by atoms with van der Waals surface area (Å²) in [5.41, 5.74) is 2.51. The number of hydrogen-bond donors (Lipinski definition) is 0. The minimum Gasteiger partial charge on any atom is -0.496 e. The van der Waals surface area contributed by atoms with Crippen LogP contribution in [-0.2, 0) is 24.9 Å². The van der Waals surface area contributed by atoms with Crippen LogP contribution < -0.4 is 4.74 Å². The van der Waals surface area contributed by atoms with Crippen LogP contribution in [0.4, 0.5) is 4.79 Å². The van der Waals surface area contributed by atoms with Gasteiger partial charge < -0.3 is 14.0 Å². The van der Waals surface area contributed by atoms with Crippen molar-refractivity contribution in [3.63, 3.8) is 0 Å². The number of aromatic nitrogens is 2. The third kappa shape index (κ3) is 3.51. The van der Waals surface area contributed by atoms with Gasteiger partial charge in [0.2, 0.25) is 0 Å². The lowest BCUT2D eigenvalue weighted by Crippen LogP contribution is -2.33. The van der Waals surface area contributed by atoms with E-state index >= 15 is 0 Å². The van der Waals surface area contributed by atoms with Gasteiger partial charge in [0, 0.05) is 24.7 Å². The van der Waals surface area contributed by atoms with E-state index in [4.69, 9.17) is 9.47 Å². The first kappa shape index (κ1) is 17.8. The van der Waals surface area contributed by atoms with Gasteiger partial charge in [0.25, 0.3) is 0 Å². The van der Waals surface area contributed by atoms with E-state index in [1.54, 1.807) is 18.2 Å². The van der Waals surface area contributed by atoms with Gasteiger partial charge in [-0.05, 0) is 54.4 Å². The van der Waals surface area contributed by atoms with Gasteiger partial charge in [0.1, 0.15) is 21.8 Å². The van der Waals surface area contributed by atoms with E-state index in [0.717, 1.165) is 32.9 Å². The van der Waals surface area contributed by atoms with Crippen molar-refractivity contribution in [2.75, 3.05) is 7.11 Å². The summed E-state index contributed by atoms with van der Waals surface area (Å²) in [7, 11) is 3.59. The SMILES string of the molecule is COc1cc(-c2ncc(Br)n2C)cc2c1CN(C(=O)OC(C)(C)C)C2. The number of nitrogens with zero attached hydrogens (tertiary/aromatic N) is 3. The number of hydrogen-bond acceptors (Lipinski definition) is 4. The van der Waals surface area contributed by atoms with E-state index in [0.29, 0.717) is 13.1 Å². The van der Waals surface area contributed by atoms with Gasteiger partial charge in [-0.2, -0.15) is 0 Å². The van der Waals surface area contributed by atoms with E-state index in [-0.39, 0.29) is 6.09 Å². The second-order valence-corrected chi connectivity index (χ2v) is 7.93. The van der Waals surface area contributed by atoms with Crippen LogP contribution in [0.15, 0.2) is 22.9 Å². The number of benzene rings is 1. The quantitative estimate of drug-likeness (QED) is 0.751. The smallest absolute Gasteiger partial charge is 0.410 e. The Labute approximate surface area is 155 Å². The Balaban J connectivity index is 1.93. The van der Waals surface area contributed by atoms with Gasteiger partial charge in [-0.25, -0.2) is 9.78 Å². The molecule has 0 N–H and O–H groups in total. The molecule has 0 spiro atoms. The van der Waals surface area contributed by atoms with E-state index in [1.807, 2.05) is 38.5 Å². The third-order valence-electron chi connectivity index (χ3n) is 4.07. The summed E-state index contributed by atoms with van der Waals surface area (Å²) in [4.78, 5) is 18.5. The number of methoxy groups -OCH3 is 1. The lowest BCUT2D eigenvalue weighted by atomic mass is 10.0. The number of imidazole rings is 1. The highest BCUT2D eigenvalue weighted by Gasteiger charge is 2.30. The number of carbonyl (C=O) groups is 1. The van der Waals surface area contributed by atoms with Crippen molar-refractivity contribution >= 4 is 22.0 Å². The molecular formula is C18H22BrN3O3. The highest BCUT2D eigenvalue weighted by molar-refractivity contribution is 9.10. The summed E-state index contributed by atoms with van der Waals surface area (Å²) < 4.78 is 13.9. The Hall–Kier alpha value is -2.02. The summed E-state index contributed by atoms with van der Waals surface area (Å²) in [5.74, 6) is 1.60. The molecule has 0 radical (unpaired) electrons. The maximum atomic E-state index is 12.4. The van der Waals surface area contributed by atoms with Crippen molar-refractivity contribution in [2.45, 2.75) is 39.5 Å². The highest BCUT2D eigenvalue weighted by atomic mass is 79.9. The molecular weight excluding hydrogens is 386 g/mol. The maximum Gasteiger partial charge on any atom is 0.410 e. The summed E-state index contributed by atoms with van der Waals surface area (Å²) in [5, 5.41) is 0. The molecule has 25 heavy (non-hydrogen) atoms. The minimum atomic E-state index is -0.514.